The van der Waals surface area contributed by atoms with E-state index in [9.17, 15) is 14.4 Å². The van der Waals surface area contributed by atoms with Crippen molar-refractivity contribution >= 4 is 11.7 Å². The van der Waals surface area contributed by atoms with E-state index in [2.05, 4.69) is 21.2 Å². The third-order valence-electron chi connectivity index (χ3n) is 7.22. The van der Waals surface area contributed by atoms with Crippen LogP contribution < -0.4 is 5.32 Å². The van der Waals surface area contributed by atoms with E-state index in [0.717, 1.165) is 43.4 Å². The van der Waals surface area contributed by atoms with Gasteiger partial charge in [-0.05, 0) is 56.4 Å². The van der Waals surface area contributed by atoms with Gasteiger partial charge in [0.05, 0.1) is 17.8 Å². The summed E-state index contributed by atoms with van der Waals surface area (Å²) in [6, 6.07) is 8.41. The van der Waals surface area contributed by atoms with Gasteiger partial charge in [0.2, 0.25) is 5.91 Å². The topological polar surface area (TPSA) is 64.3 Å². The highest BCUT2D eigenvalue weighted by Crippen LogP contribution is 2.30. The molecular formula is C26H34FN5O. The monoisotopic (exact) mass is 451 g/mol. The Labute approximate surface area is 196 Å². The van der Waals surface area contributed by atoms with E-state index in [1.807, 2.05) is 13.8 Å². The molecule has 0 radical (unpaired) electrons. The maximum Gasteiger partial charge on any atom is 0.239 e. The molecule has 7 heteroatoms. The van der Waals surface area contributed by atoms with Gasteiger partial charge >= 0.3 is 0 Å². The minimum atomic E-state index is -0.361. The van der Waals surface area contributed by atoms with Crippen LogP contribution in [0.15, 0.2) is 24.3 Å². The van der Waals surface area contributed by atoms with Gasteiger partial charge in [-0.15, -0.1) is 0 Å². The summed E-state index contributed by atoms with van der Waals surface area (Å²) in [6.45, 7) is 8.92. The highest BCUT2D eigenvalue weighted by molar-refractivity contribution is 5.93. The van der Waals surface area contributed by atoms with Gasteiger partial charge < -0.3 is 10.2 Å². The lowest BCUT2D eigenvalue weighted by Crippen LogP contribution is -2.49. The van der Waals surface area contributed by atoms with E-state index < -0.39 is 0 Å². The van der Waals surface area contributed by atoms with Crippen molar-refractivity contribution in [2.45, 2.75) is 46.0 Å². The molecule has 1 aliphatic heterocycles. The van der Waals surface area contributed by atoms with Crippen molar-refractivity contribution < 1.29 is 9.18 Å². The van der Waals surface area contributed by atoms with E-state index in [1.54, 1.807) is 16.7 Å². The SMILES string of the molecule is Cc1c(C#N)c(NC(=O)CN2CCN(CC3CCCCC3)CC2)n(-c2cccc(F)c2)c1C. The highest BCUT2D eigenvalue weighted by Gasteiger charge is 2.25. The summed E-state index contributed by atoms with van der Waals surface area (Å²) >= 11 is 0. The van der Waals surface area contributed by atoms with E-state index >= 15 is 0 Å². The zero-order valence-corrected chi connectivity index (χ0v) is 19.7. The molecule has 4 rings (SSSR count). The Morgan fingerprint density at radius 2 is 1.82 bits per heavy atom. The third kappa shape index (κ3) is 5.45. The molecule has 176 valence electrons. The Kier molecular flexibility index (Phi) is 7.46. The summed E-state index contributed by atoms with van der Waals surface area (Å²) in [5, 5.41) is 12.7. The van der Waals surface area contributed by atoms with Crippen LogP contribution in [0.2, 0.25) is 0 Å². The van der Waals surface area contributed by atoms with Gasteiger partial charge in [-0.2, -0.15) is 5.26 Å². The zero-order valence-electron chi connectivity index (χ0n) is 19.7. The van der Waals surface area contributed by atoms with E-state index in [0.29, 0.717) is 17.1 Å². The van der Waals surface area contributed by atoms with Gasteiger partial charge in [-0.3, -0.25) is 14.3 Å². The first-order chi connectivity index (χ1) is 16.0. The summed E-state index contributed by atoms with van der Waals surface area (Å²) in [6.07, 6.45) is 6.83. The van der Waals surface area contributed by atoms with E-state index in [-0.39, 0.29) is 18.3 Å². The molecule has 1 aromatic heterocycles. The standard InChI is InChI=1S/C26H34FN5O/c1-19-20(2)32(23-10-6-9-22(27)15-23)26(24(19)16-28)29-25(33)18-31-13-11-30(12-14-31)17-21-7-4-3-5-8-21/h6,9-10,15,21H,3-5,7-8,11-14,17-18H2,1-2H3,(H,29,33). The number of carbonyl (C=O) groups excluding carboxylic acids is 1. The lowest BCUT2D eigenvalue weighted by atomic mass is 9.89. The van der Waals surface area contributed by atoms with Crippen LogP contribution in [0.25, 0.3) is 5.69 Å². The number of piperazine rings is 1. The molecule has 2 heterocycles. The number of carbonyl (C=O) groups is 1. The summed E-state index contributed by atoms with van der Waals surface area (Å²) in [7, 11) is 0. The second kappa shape index (κ2) is 10.5. The number of nitrogens with one attached hydrogen (secondary N) is 1. The maximum absolute atomic E-state index is 13.9. The maximum atomic E-state index is 13.9. The number of aromatic nitrogens is 1. The molecule has 1 aliphatic carbocycles. The van der Waals surface area contributed by atoms with Crippen LogP contribution in [0.4, 0.5) is 10.2 Å². The molecule has 1 saturated carbocycles. The zero-order chi connectivity index (χ0) is 23.4. The molecule has 0 unspecified atom stereocenters. The number of amides is 1. The van der Waals surface area contributed by atoms with Gasteiger partial charge in [0.25, 0.3) is 0 Å². The number of nitriles is 1. The molecule has 1 saturated heterocycles. The van der Waals surface area contributed by atoms with Crippen LogP contribution in [0, 0.1) is 36.9 Å². The van der Waals surface area contributed by atoms with Crippen LogP contribution in [0.3, 0.4) is 0 Å². The predicted molar refractivity (Wildman–Crippen MR) is 128 cm³/mol. The number of rotatable bonds is 6. The molecule has 0 atom stereocenters. The molecule has 1 N–H and O–H groups in total. The van der Waals surface area contributed by atoms with Crippen molar-refractivity contribution in [3.8, 4) is 11.8 Å². The fourth-order valence-electron chi connectivity index (χ4n) is 5.24. The molecule has 6 nitrogen and oxygen atoms in total. The van der Waals surface area contributed by atoms with Crippen molar-refractivity contribution in [1.82, 2.24) is 14.4 Å². The molecule has 2 aromatic rings. The van der Waals surface area contributed by atoms with Crippen molar-refractivity contribution in [3.63, 3.8) is 0 Å². The van der Waals surface area contributed by atoms with Gasteiger partial charge in [0, 0.05) is 38.4 Å². The van der Waals surface area contributed by atoms with Crippen LogP contribution in [0.1, 0.15) is 48.9 Å². The van der Waals surface area contributed by atoms with Crippen molar-refractivity contribution in [2.75, 3.05) is 44.6 Å². The second-order valence-corrected chi connectivity index (χ2v) is 9.49. The average Bonchev–Trinajstić information content (AvgIpc) is 3.04. The van der Waals surface area contributed by atoms with E-state index in [4.69, 9.17) is 0 Å². The van der Waals surface area contributed by atoms with Crippen molar-refractivity contribution in [3.05, 3.63) is 46.9 Å². The Balaban J connectivity index is 1.40. The highest BCUT2D eigenvalue weighted by atomic mass is 19.1. The Bertz CT molecular complexity index is 1030. The summed E-state index contributed by atoms with van der Waals surface area (Å²) in [4.78, 5) is 17.7. The molecule has 33 heavy (non-hydrogen) atoms. The van der Waals surface area contributed by atoms with Crippen LogP contribution >= 0.6 is 0 Å². The van der Waals surface area contributed by atoms with Gasteiger partial charge in [-0.25, -0.2) is 4.39 Å². The first-order valence-corrected chi connectivity index (χ1v) is 12.1. The van der Waals surface area contributed by atoms with Crippen molar-refractivity contribution in [2.24, 2.45) is 5.92 Å². The predicted octanol–water partition coefficient (Wildman–Crippen LogP) is 4.24. The number of nitrogens with zero attached hydrogens (tertiary/aromatic N) is 4. The third-order valence-corrected chi connectivity index (χ3v) is 7.22. The Hall–Kier alpha value is -2.69. The van der Waals surface area contributed by atoms with Crippen molar-refractivity contribution in [1.29, 1.82) is 5.26 Å². The molecule has 0 spiro atoms. The molecule has 2 aliphatic rings. The summed E-state index contributed by atoms with van der Waals surface area (Å²) in [5.41, 5.74) is 2.60. The van der Waals surface area contributed by atoms with Crippen LogP contribution in [-0.2, 0) is 4.79 Å². The number of benzene rings is 1. The summed E-state index contributed by atoms with van der Waals surface area (Å²) in [5.74, 6) is 0.738. The second-order valence-electron chi connectivity index (χ2n) is 9.49. The minimum Gasteiger partial charge on any atom is -0.310 e. The van der Waals surface area contributed by atoms with Gasteiger partial charge in [0.15, 0.2) is 0 Å². The number of anilines is 1. The summed E-state index contributed by atoms with van der Waals surface area (Å²) < 4.78 is 15.6. The first-order valence-electron chi connectivity index (χ1n) is 12.1. The fraction of sp³-hybridized carbons (Fsp3) is 0.538. The van der Waals surface area contributed by atoms with Crippen LogP contribution in [0.5, 0.6) is 0 Å². The Morgan fingerprint density at radius 3 is 2.48 bits per heavy atom. The van der Waals surface area contributed by atoms with Gasteiger partial charge in [0.1, 0.15) is 17.7 Å². The van der Waals surface area contributed by atoms with E-state index in [1.165, 1.54) is 50.8 Å². The quantitative estimate of drug-likeness (QED) is 0.714. The van der Waals surface area contributed by atoms with Gasteiger partial charge in [-0.1, -0.05) is 25.3 Å². The number of halogens is 1. The average molecular weight is 452 g/mol. The number of hydrogen-bond donors (Lipinski definition) is 1. The smallest absolute Gasteiger partial charge is 0.239 e. The lowest BCUT2D eigenvalue weighted by molar-refractivity contribution is -0.117. The molecule has 1 aromatic carbocycles. The van der Waals surface area contributed by atoms with Crippen LogP contribution in [-0.4, -0.2) is 59.5 Å². The molecule has 0 bridgehead atoms. The lowest BCUT2D eigenvalue weighted by Gasteiger charge is -2.37. The first kappa shape index (κ1) is 23.5. The fourth-order valence-corrected chi connectivity index (χ4v) is 5.24. The molecule has 1 amide bonds. The molecule has 2 fully saturated rings. The molecular weight excluding hydrogens is 417 g/mol. The number of hydrogen-bond acceptors (Lipinski definition) is 4. The Morgan fingerprint density at radius 1 is 1.12 bits per heavy atom. The normalized spacial score (nSPS) is 18.2. The largest absolute Gasteiger partial charge is 0.310 e. The minimum absolute atomic E-state index is 0.151.